The fraction of sp³-hybridized carbons (Fsp3) is 1.00. The largest absolute Gasteiger partial charge is 0.883 e. The summed E-state index contributed by atoms with van der Waals surface area (Å²) < 4.78 is 15.9. The summed E-state index contributed by atoms with van der Waals surface area (Å²) in [5, 5.41) is 0. The molecule has 0 aliphatic carbocycles. The Hall–Kier alpha value is 1.72. The van der Waals surface area contributed by atoms with Crippen molar-refractivity contribution in [1.29, 1.82) is 0 Å². The van der Waals surface area contributed by atoms with Gasteiger partial charge in [-0.05, 0) is 39.3 Å². The molecular formula is C8H20AlCl3O3Si2. The first kappa shape index (κ1) is 18.7. The van der Waals surface area contributed by atoms with Gasteiger partial charge in [-0.3, -0.25) is 0 Å². The zero-order chi connectivity index (χ0) is 13.9. The lowest BCUT2D eigenvalue weighted by Crippen LogP contribution is -2.46. The van der Waals surface area contributed by atoms with Gasteiger partial charge in [0.05, 0.1) is 6.61 Å². The fourth-order valence-corrected chi connectivity index (χ4v) is 7.51. The van der Waals surface area contributed by atoms with Crippen LogP contribution in [-0.4, -0.2) is 42.2 Å². The molecule has 3 nitrogen and oxygen atoms in total. The molecule has 0 atom stereocenters. The average Bonchev–Trinajstić information content (AvgIpc) is 1.92. The van der Waals surface area contributed by atoms with Crippen LogP contribution in [0.5, 0.6) is 0 Å². The predicted octanol–water partition coefficient (Wildman–Crippen LogP) is 4.06. The van der Waals surface area contributed by atoms with Gasteiger partial charge in [0.15, 0.2) is 16.6 Å². The number of hydrogen-bond donors (Lipinski definition) is 0. The topological polar surface area (TPSA) is 27.7 Å². The number of hydrogen-bond acceptors (Lipinski definition) is 3. The monoisotopic (exact) mass is 352 g/mol. The van der Waals surface area contributed by atoms with E-state index >= 15 is 0 Å². The number of halogens is 3. The molecule has 0 aromatic carbocycles. The van der Waals surface area contributed by atoms with Crippen molar-refractivity contribution in [3.63, 3.8) is 0 Å². The molecule has 0 saturated carbocycles. The van der Waals surface area contributed by atoms with Crippen LogP contribution in [-0.2, 0) is 10.7 Å². The smallest absolute Gasteiger partial charge is 0.499 e. The summed E-state index contributed by atoms with van der Waals surface area (Å²) in [6.45, 7) is 12.5. The summed E-state index contributed by atoms with van der Waals surface area (Å²) in [4.78, 5) is 0. The van der Waals surface area contributed by atoms with Crippen molar-refractivity contribution in [2.24, 2.45) is 0 Å². The zero-order valence-corrected chi connectivity index (χ0v) is 16.6. The van der Waals surface area contributed by atoms with Gasteiger partial charge >= 0.3 is 15.1 Å². The molecule has 0 rings (SSSR count). The van der Waals surface area contributed by atoms with Gasteiger partial charge in [-0.1, -0.05) is 34.8 Å². The third kappa shape index (κ3) is 13.9. The minimum Gasteiger partial charge on any atom is -0.499 e. The van der Waals surface area contributed by atoms with E-state index in [1.54, 1.807) is 0 Å². The van der Waals surface area contributed by atoms with Crippen molar-refractivity contribution in [2.75, 3.05) is 6.61 Å². The Balaban J connectivity index is 4.42. The maximum Gasteiger partial charge on any atom is 0.883 e. The molecule has 0 aliphatic heterocycles. The molecule has 0 aromatic heterocycles. The van der Waals surface area contributed by atoms with Gasteiger partial charge in [0.2, 0.25) is 3.79 Å². The Morgan fingerprint density at radius 1 is 0.882 bits per heavy atom. The highest BCUT2D eigenvalue weighted by atomic mass is 35.6. The van der Waals surface area contributed by atoms with E-state index in [-0.39, 0.29) is 6.61 Å². The maximum absolute atomic E-state index is 5.90. The van der Waals surface area contributed by atoms with Crippen molar-refractivity contribution in [3.8, 4) is 0 Å². The van der Waals surface area contributed by atoms with Crippen molar-refractivity contribution < 1.29 is 10.7 Å². The number of alkyl halides is 3. The highest BCUT2D eigenvalue weighted by Gasteiger charge is 2.41. The SMILES string of the molecule is C[Si](C)(C)[O][Al]([O]CC(Cl)(Cl)Cl)[O][Si](C)(C)C. The molecule has 0 unspecified atom stereocenters. The van der Waals surface area contributed by atoms with Gasteiger partial charge in [0.1, 0.15) is 0 Å². The van der Waals surface area contributed by atoms with Crippen molar-refractivity contribution in [1.82, 2.24) is 0 Å². The molecule has 0 fully saturated rings. The van der Waals surface area contributed by atoms with Crippen LogP contribution in [0.2, 0.25) is 39.3 Å². The van der Waals surface area contributed by atoms with Crippen molar-refractivity contribution >= 4 is 66.6 Å². The Kier molecular flexibility index (Phi) is 7.64. The molecule has 0 amide bonds. The molecule has 9 heteroatoms. The van der Waals surface area contributed by atoms with Gasteiger partial charge in [-0.2, -0.15) is 0 Å². The summed E-state index contributed by atoms with van der Waals surface area (Å²) in [7, 11) is -3.42. The lowest BCUT2D eigenvalue weighted by Gasteiger charge is -2.28. The molecule has 0 heterocycles. The Labute approximate surface area is 126 Å². The molecule has 0 saturated heterocycles. The normalized spacial score (nSPS) is 13.9. The first-order chi connectivity index (χ1) is 7.29. The molecule has 0 bridgehead atoms. The van der Waals surface area contributed by atoms with Gasteiger partial charge in [0.25, 0.3) is 0 Å². The first-order valence-electron chi connectivity index (χ1n) is 5.32. The maximum atomic E-state index is 5.90. The minimum atomic E-state index is -2.21. The van der Waals surface area contributed by atoms with Crippen LogP contribution < -0.4 is 0 Å². The van der Waals surface area contributed by atoms with Crippen LogP contribution in [0.1, 0.15) is 0 Å². The fourth-order valence-electron chi connectivity index (χ4n) is 0.832. The second kappa shape index (κ2) is 6.94. The van der Waals surface area contributed by atoms with Gasteiger partial charge in [-0.15, -0.1) is 0 Å². The summed E-state index contributed by atoms with van der Waals surface area (Å²) in [5.74, 6) is 0. The lowest BCUT2D eigenvalue weighted by atomic mass is 10.9. The molecule has 0 aliphatic rings. The van der Waals surface area contributed by atoms with Crippen LogP contribution in [0.25, 0.3) is 0 Å². The summed E-state index contributed by atoms with van der Waals surface area (Å²) in [5.41, 5.74) is 0. The lowest BCUT2D eigenvalue weighted by molar-refractivity contribution is 0.201. The highest BCUT2D eigenvalue weighted by molar-refractivity contribution is 6.79. The van der Waals surface area contributed by atoms with E-state index in [0.717, 1.165) is 0 Å². The molecule has 0 spiro atoms. The second-order valence-corrected chi connectivity index (χ2v) is 19.4. The van der Waals surface area contributed by atoms with E-state index in [1.807, 2.05) is 0 Å². The quantitative estimate of drug-likeness (QED) is 0.532. The van der Waals surface area contributed by atoms with Crippen LogP contribution in [0.15, 0.2) is 0 Å². The third-order valence-electron chi connectivity index (χ3n) is 1.28. The summed E-state index contributed by atoms with van der Waals surface area (Å²) in [6, 6.07) is 0. The van der Waals surface area contributed by atoms with Crippen molar-refractivity contribution in [2.45, 2.75) is 43.1 Å². The molecule has 0 N–H and O–H groups in total. The summed E-state index contributed by atoms with van der Waals surface area (Å²) >= 11 is 14.8. The summed E-state index contributed by atoms with van der Waals surface area (Å²) in [6.07, 6.45) is 0. The standard InChI is InChI=1S/2C3H9OSi.C2H2Cl3O.Al/c2*1-5(2,3)4;3-2(4,5)1-6;/h2*1-3H3;1H2;/q3*-1;+3. The third-order valence-corrected chi connectivity index (χ3v) is 9.25. The molecule has 102 valence electrons. The first-order valence-corrected chi connectivity index (χ1v) is 14.7. The highest BCUT2D eigenvalue weighted by Crippen LogP contribution is 2.27. The predicted molar refractivity (Wildman–Crippen MR) is 80.9 cm³/mol. The van der Waals surface area contributed by atoms with E-state index in [0.29, 0.717) is 0 Å². The molecule has 0 aromatic rings. The molecular weight excluding hydrogens is 334 g/mol. The second-order valence-electron chi connectivity index (χ2n) is 5.68. The number of rotatable bonds is 6. The minimum absolute atomic E-state index is 0.00349. The Morgan fingerprint density at radius 3 is 1.47 bits per heavy atom. The van der Waals surface area contributed by atoms with E-state index in [9.17, 15) is 0 Å². The van der Waals surface area contributed by atoms with E-state index in [1.165, 1.54) is 0 Å². The van der Waals surface area contributed by atoms with Gasteiger partial charge in [0, 0.05) is 0 Å². The molecule has 0 radical (unpaired) electrons. The van der Waals surface area contributed by atoms with Crippen LogP contribution in [0.3, 0.4) is 0 Å². The van der Waals surface area contributed by atoms with Crippen LogP contribution in [0.4, 0.5) is 0 Å². The van der Waals surface area contributed by atoms with Gasteiger partial charge < -0.3 is 10.7 Å². The average molecular weight is 354 g/mol. The van der Waals surface area contributed by atoms with E-state index in [2.05, 4.69) is 39.3 Å². The van der Waals surface area contributed by atoms with E-state index in [4.69, 9.17) is 45.5 Å². The Bertz CT molecular complexity index is 222. The van der Waals surface area contributed by atoms with Gasteiger partial charge in [-0.25, -0.2) is 0 Å². The van der Waals surface area contributed by atoms with Crippen LogP contribution >= 0.6 is 34.8 Å². The molecule has 17 heavy (non-hydrogen) atoms. The van der Waals surface area contributed by atoms with Crippen LogP contribution in [0, 0.1) is 0 Å². The van der Waals surface area contributed by atoms with Crippen molar-refractivity contribution in [3.05, 3.63) is 0 Å². The zero-order valence-electron chi connectivity index (χ0n) is 11.1. The van der Waals surface area contributed by atoms with E-state index < -0.39 is 35.6 Å². The Morgan fingerprint density at radius 2 is 1.24 bits per heavy atom.